The van der Waals surface area contributed by atoms with Crippen molar-refractivity contribution in [2.75, 3.05) is 26.2 Å². The second kappa shape index (κ2) is 13.6. The van der Waals surface area contributed by atoms with Crippen molar-refractivity contribution in [3.05, 3.63) is 60.1 Å². The summed E-state index contributed by atoms with van der Waals surface area (Å²) < 4.78 is 10.8. The Hall–Kier alpha value is -1.58. The zero-order valence-corrected chi connectivity index (χ0v) is 17.4. The van der Waals surface area contributed by atoms with E-state index in [1.54, 1.807) is 6.26 Å². The maximum absolute atomic E-state index is 10.0. The Balaban J connectivity index is 0.00000338. The molecule has 0 fully saturated rings. The van der Waals surface area contributed by atoms with Gasteiger partial charge >= 0.3 is 0 Å². The van der Waals surface area contributed by atoms with E-state index in [4.69, 9.17) is 9.15 Å². The number of aliphatic hydroxyl groups excluding tert-OH is 1. The Kier molecular flexibility index (Phi) is 11.7. The van der Waals surface area contributed by atoms with E-state index >= 15 is 0 Å². The molecule has 0 aliphatic rings. The first kappa shape index (κ1) is 22.5. The van der Waals surface area contributed by atoms with Crippen molar-refractivity contribution in [3.63, 3.8) is 0 Å². The van der Waals surface area contributed by atoms with E-state index in [1.807, 2.05) is 49.4 Å². The number of aliphatic imine (C=N–C) groups is 1. The molecule has 7 heteroatoms. The van der Waals surface area contributed by atoms with Gasteiger partial charge in [0.2, 0.25) is 0 Å². The van der Waals surface area contributed by atoms with Crippen molar-refractivity contribution < 1.29 is 14.3 Å². The quantitative estimate of drug-likeness (QED) is 0.281. The number of furan rings is 1. The average Bonchev–Trinajstić information content (AvgIpc) is 3.14. The molecule has 1 aromatic carbocycles. The van der Waals surface area contributed by atoms with E-state index < -0.39 is 6.10 Å². The number of nitrogens with one attached hydrogen (secondary N) is 2. The van der Waals surface area contributed by atoms with Crippen LogP contribution in [0, 0.1) is 0 Å². The third kappa shape index (κ3) is 9.21. The van der Waals surface area contributed by atoms with Crippen LogP contribution in [0.4, 0.5) is 0 Å². The van der Waals surface area contributed by atoms with Crippen molar-refractivity contribution >= 4 is 29.9 Å². The minimum atomic E-state index is -0.635. The molecule has 1 unspecified atom stereocenters. The smallest absolute Gasteiger partial charge is 0.191 e. The first-order chi connectivity index (χ1) is 12.3. The van der Waals surface area contributed by atoms with Gasteiger partial charge in [0.1, 0.15) is 5.76 Å². The molecule has 144 valence electrons. The molecule has 0 saturated heterocycles. The van der Waals surface area contributed by atoms with Crippen molar-refractivity contribution in [3.8, 4) is 0 Å². The van der Waals surface area contributed by atoms with Crippen LogP contribution in [0.5, 0.6) is 0 Å². The SMILES string of the molecule is CCNC(=NCC(O)COCc1ccccc1)NCCc1ccco1.I. The van der Waals surface area contributed by atoms with Crippen molar-refractivity contribution in [2.45, 2.75) is 26.1 Å². The maximum atomic E-state index is 10.0. The van der Waals surface area contributed by atoms with Crippen LogP contribution >= 0.6 is 24.0 Å². The van der Waals surface area contributed by atoms with Crippen LogP contribution in [0.25, 0.3) is 0 Å². The van der Waals surface area contributed by atoms with Gasteiger partial charge in [-0.15, -0.1) is 24.0 Å². The van der Waals surface area contributed by atoms with E-state index in [1.165, 1.54) is 0 Å². The Bertz CT molecular complexity index is 606. The van der Waals surface area contributed by atoms with Gasteiger partial charge < -0.3 is 24.9 Å². The lowest BCUT2D eigenvalue weighted by Gasteiger charge is -2.13. The molecule has 2 aromatic rings. The summed E-state index contributed by atoms with van der Waals surface area (Å²) in [6, 6.07) is 13.7. The van der Waals surface area contributed by atoms with Crippen LogP contribution in [0.15, 0.2) is 58.1 Å². The molecule has 1 atom stereocenters. The van der Waals surface area contributed by atoms with Crippen LogP contribution in [0.1, 0.15) is 18.2 Å². The summed E-state index contributed by atoms with van der Waals surface area (Å²) in [5.74, 6) is 1.61. The zero-order valence-electron chi connectivity index (χ0n) is 15.1. The Morgan fingerprint density at radius 2 is 2.00 bits per heavy atom. The minimum Gasteiger partial charge on any atom is -0.469 e. The number of guanidine groups is 1. The second-order valence-corrected chi connectivity index (χ2v) is 5.63. The number of aliphatic hydroxyl groups is 1. The fourth-order valence-electron chi connectivity index (χ4n) is 2.24. The number of halogens is 1. The van der Waals surface area contributed by atoms with Crippen molar-refractivity contribution in [1.29, 1.82) is 0 Å². The molecule has 26 heavy (non-hydrogen) atoms. The molecule has 1 heterocycles. The second-order valence-electron chi connectivity index (χ2n) is 5.63. The summed E-state index contributed by atoms with van der Waals surface area (Å²) in [6.07, 6.45) is 1.81. The maximum Gasteiger partial charge on any atom is 0.191 e. The number of benzene rings is 1. The average molecular weight is 473 g/mol. The van der Waals surface area contributed by atoms with E-state index in [9.17, 15) is 5.11 Å². The third-order valence-corrected chi connectivity index (χ3v) is 3.47. The summed E-state index contributed by atoms with van der Waals surface area (Å²) in [4.78, 5) is 4.39. The van der Waals surface area contributed by atoms with Gasteiger partial charge in [0.25, 0.3) is 0 Å². The van der Waals surface area contributed by atoms with Crippen LogP contribution in [0.2, 0.25) is 0 Å². The van der Waals surface area contributed by atoms with Gasteiger partial charge in [0.05, 0.1) is 32.1 Å². The first-order valence-electron chi connectivity index (χ1n) is 8.62. The Labute approximate surface area is 172 Å². The molecule has 0 spiro atoms. The van der Waals surface area contributed by atoms with E-state index in [0.29, 0.717) is 19.1 Å². The van der Waals surface area contributed by atoms with E-state index in [-0.39, 0.29) is 37.1 Å². The predicted octanol–water partition coefficient (Wildman–Crippen LogP) is 2.57. The molecule has 1 aromatic heterocycles. The van der Waals surface area contributed by atoms with Gasteiger partial charge in [0.15, 0.2) is 5.96 Å². The summed E-state index contributed by atoms with van der Waals surface area (Å²) >= 11 is 0. The fourth-order valence-corrected chi connectivity index (χ4v) is 2.24. The number of hydrogen-bond donors (Lipinski definition) is 3. The van der Waals surface area contributed by atoms with E-state index in [0.717, 1.165) is 24.3 Å². The zero-order chi connectivity index (χ0) is 17.7. The monoisotopic (exact) mass is 473 g/mol. The molecular formula is C19H28IN3O3. The predicted molar refractivity (Wildman–Crippen MR) is 114 cm³/mol. The Morgan fingerprint density at radius 1 is 1.19 bits per heavy atom. The fraction of sp³-hybridized carbons (Fsp3) is 0.421. The highest BCUT2D eigenvalue weighted by Gasteiger charge is 2.05. The van der Waals surface area contributed by atoms with Gasteiger partial charge in [-0.05, 0) is 24.6 Å². The van der Waals surface area contributed by atoms with Crippen molar-refractivity contribution in [1.82, 2.24) is 10.6 Å². The molecule has 6 nitrogen and oxygen atoms in total. The normalized spacial score (nSPS) is 12.3. The molecule has 0 radical (unpaired) electrons. The van der Waals surface area contributed by atoms with Crippen LogP contribution < -0.4 is 10.6 Å². The van der Waals surface area contributed by atoms with Crippen LogP contribution in [-0.4, -0.2) is 43.4 Å². The molecule has 0 aliphatic carbocycles. The molecule has 0 amide bonds. The summed E-state index contributed by atoms with van der Waals surface area (Å²) in [7, 11) is 0. The van der Waals surface area contributed by atoms with Crippen LogP contribution in [0.3, 0.4) is 0 Å². The van der Waals surface area contributed by atoms with Gasteiger partial charge in [0, 0.05) is 19.5 Å². The molecule has 0 bridgehead atoms. The lowest BCUT2D eigenvalue weighted by Crippen LogP contribution is -2.39. The number of rotatable bonds is 10. The summed E-state index contributed by atoms with van der Waals surface area (Å²) in [6.45, 7) is 4.49. The highest BCUT2D eigenvalue weighted by Crippen LogP contribution is 2.01. The number of hydrogen-bond acceptors (Lipinski definition) is 4. The van der Waals surface area contributed by atoms with Gasteiger partial charge in [-0.1, -0.05) is 30.3 Å². The highest BCUT2D eigenvalue weighted by molar-refractivity contribution is 14.0. The summed E-state index contributed by atoms with van der Waals surface area (Å²) in [5.41, 5.74) is 1.09. The van der Waals surface area contributed by atoms with Gasteiger partial charge in [-0.2, -0.15) is 0 Å². The molecule has 0 saturated carbocycles. The topological polar surface area (TPSA) is 79.0 Å². The number of ether oxygens (including phenoxy) is 1. The lowest BCUT2D eigenvalue weighted by molar-refractivity contribution is 0.0331. The summed E-state index contributed by atoms with van der Waals surface area (Å²) in [5, 5.41) is 16.4. The standard InChI is InChI=1S/C19H27N3O3.HI/c1-2-20-19(21-11-10-18-9-6-12-25-18)22-13-17(23)15-24-14-16-7-4-3-5-8-16;/h3-9,12,17,23H,2,10-11,13-15H2,1H3,(H2,20,21,22);1H. The molecule has 2 rings (SSSR count). The molecule has 0 aliphatic heterocycles. The third-order valence-electron chi connectivity index (χ3n) is 3.47. The minimum absolute atomic E-state index is 0. The molecular weight excluding hydrogens is 445 g/mol. The molecule has 3 N–H and O–H groups in total. The van der Waals surface area contributed by atoms with Gasteiger partial charge in [-0.25, -0.2) is 0 Å². The van der Waals surface area contributed by atoms with Crippen molar-refractivity contribution in [2.24, 2.45) is 4.99 Å². The van der Waals surface area contributed by atoms with Gasteiger partial charge in [-0.3, -0.25) is 4.99 Å². The lowest BCUT2D eigenvalue weighted by atomic mass is 10.2. The largest absolute Gasteiger partial charge is 0.469 e. The first-order valence-corrected chi connectivity index (χ1v) is 8.62. The van der Waals surface area contributed by atoms with Crippen LogP contribution in [-0.2, 0) is 17.8 Å². The van der Waals surface area contributed by atoms with E-state index in [2.05, 4.69) is 15.6 Å². The Morgan fingerprint density at radius 3 is 2.69 bits per heavy atom. The highest BCUT2D eigenvalue weighted by atomic mass is 127. The number of nitrogens with zero attached hydrogens (tertiary/aromatic N) is 1.